The van der Waals surface area contributed by atoms with Gasteiger partial charge in [0, 0.05) is 5.92 Å². The third-order valence-corrected chi connectivity index (χ3v) is 6.30. The van der Waals surface area contributed by atoms with Gasteiger partial charge in [-0.2, -0.15) is 13.2 Å². The number of nitrogens with zero attached hydrogens (tertiary/aromatic N) is 1. The highest BCUT2D eigenvalue weighted by atomic mass is 19.4. The van der Waals surface area contributed by atoms with Crippen molar-refractivity contribution in [1.29, 1.82) is 0 Å². The molecule has 0 saturated heterocycles. The zero-order valence-corrected chi connectivity index (χ0v) is 18.6. The van der Waals surface area contributed by atoms with Crippen molar-refractivity contribution < 1.29 is 22.7 Å². The van der Waals surface area contributed by atoms with Crippen molar-refractivity contribution in [2.45, 2.75) is 70.0 Å². The van der Waals surface area contributed by atoms with Crippen LogP contribution in [0.25, 0.3) is 0 Å². The maximum absolute atomic E-state index is 12.9. The van der Waals surface area contributed by atoms with Gasteiger partial charge in [0.25, 0.3) is 0 Å². The van der Waals surface area contributed by atoms with Gasteiger partial charge >= 0.3 is 6.18 Å². The molecule has 1 aromatic heterocycles. The number of amides is 1. The van der Waals surface area contributed by atoms with E-state index in [1.54, 1.807) is 6.07 Å². The average molecular weight is 447 g/mol. The van der Waals surface area contributed by atoms with Gasteiger partial charge in [0.15, 0.2) is 6.61 Å². The molecule has 32 heavy (non-hydrogen) atoms. The molecule has 1 fully saturated rings. The predicted molar refractivity (Wildman–Crippen MR) is 116 cm³/mol. The molecule has 0 bridgehead atoms. The Labute approximate surface area is 186 Å². The number of ether oxygens (including phenoxy) is 1. The summed E-state index contributed by atoms with van der Waals surface area (Å²) >= 11 is 0. The van der Waals surface area contributed by atoms with E-state index in [1.807, 2.05) is 0 Å². The Balaban J connectivity index is 1.38. The van der Waals surface area contributed by atoms with Crippen LogP contribution in [-0.2, 0) is 16.6 Å². The number of hydrogen-bond donors (Lipinski definition) is 1. The molecule has 1 heterocycles. The molecule has 0 radical (unpaired) electrons. The molecule has 4 nitrogen and oxygen atoms in total. The summed E-state index contributed by atoms with van der Waals surface area (Å²) < 4.78 is 42.0. The maximum atomic E-state index is 12.9. The van der Waals surface area contributed by atoms with Crippen LogP contribution in [-0.4, -0.2) is 23.7 Å². The van der Waals surface area contributed by atoms with Crippen molar-refractivity contribution in [3.63, 3.8) is 0 Å². The van der Waals surface area contributed by atoms with E-state index < -0.39 is 12.8 Å². The van der Waals surface area contributed by atoms with Crippen LogP contribution in [0.15, 0.2) is 36.5 Å². The van der Waals surface area contributed by atoms with E-state index >= 15 is 0 Å². The minimum atomic E-state index is -4.39. The quantitative estimate of drug-likeness (QED) is 0.649. The number of pyridine rings is 1. The predicted octanol–water partition coefficient (Wildman–Crippen LogP) is 5.62. The maximum Gasteiger partial charge on any atom is 0.422 e. The van der Waals surface area contributed by atoms with Crippen LogP contribution in [0, 0.1) is 5.92 Å². The van der Waals surface area contributed by atoms with E-state index in [-0.39, 0.29) is 34.9 Å². The molecule has 2 aliphatic carbocycles. The van der Waals surface area contributed by atoms with E-state index in [2.05, 4.69) is 55.3 Å². The van der Waals surface area contributed by atoms with Gasteiger partial charge in [-0.3, -0.25) is 9.78 Å². The first-order valence-corrected chi connectivity index (χ1v) is 11.1. The van der Waals surface area contributed by atoms with Gasteiger partial charge in [-0.1, -0.05) is 45.0 Å². The minimum absolute atomic E-state index is 0.0203. The van der Waals surface area contributed by atoms with Crippen molar-refractivity contribution in [3.05, 3.63) is 58.9 Å². The Hall–Kier alpha value is -2.57. The summed E-state index contributed by atoms with van der Waals surface area (Å²) in [4.78, 5) is 17.2. The Bertz CT molecular complexity index is 980. The largest absolute Gasteiger partial charge is 0.482 e. The lowest BCUT2D eigenvalue weighted by molar-refractivity contribution is -0.153. The summed E-state index contributed by atoms with van der Waals surface area (Å²) in [5.74, 6) is 0.314. The molecule has 1 saturated carbocycles. The highest BCUT2D eigenvalue weighted by Crippen LogP contribution is 2.48. The van der Waals surface area contributed by atoms with Crippen molar-refractivity contribution in [1.82, 2.24) is 10.3 Å². The number of halogens is 3. The number of aromatic nitrogens is 1. The summed E-state index contributed by atoms with van der Waals surface area (Å²) in [5.41, 5.74) is 4.12. The summed E-state index contributed by atoms with van der Waals surface area (Å²) in [5, 5.41) is 3.13. The molecule has 172 valence electrons. The first kappa shape index (κ1) is 22.6. The van der Waals surface area contributed by atoms with E-state index in [9.17, 15) is 18.0 Å². The van der Waals surface area contributed by atoms with Crippen LogP contribution in [0.4, 0.5) is 13.2 Å². The van der Waals surface area contributed by atoms with Gasteiger partial charge < -0.3 is 10.1 Å². The monoisotopic (exact) mass is 446 g/mol. The normalized spacial score (nSPS) is 22.8. The first-order chi connectivity index (χ1) is 15.0. The minimum Gasteiger partial charge on any atom is -0.482 e. The van der Waals surface area contributed by atoms with Gasteiger partial charge in [0.2, 0.25) is 5.91 Å². The van der Waals surface area contributed by atoms with Crippen molar-refractivity contribution in [2.24, 2.45) is 5.92 Å². The molecule has 0 aliphatic heterocycles. The van der Waals surface area contributed by atoms with E-state index in [0.717, 1.165) is 30.5 Å². The second kappa shape index (κ2) is 8.41. The topological polar surface area (TPSA) is 51.2 Å². The van der Waals surface area contributed by atoms with Gasteiger partial charge in [-0.05, 0) is 59.8 Å². The van der Waals surface area contributed by atoms with Gasteiger partial charge in [-0.15, -0.1) is 0 Å². The Kier molecular flexibility index (Phi) is 5.94. The van der Waals surface area contributed by atoms with Crippen LogP contribution in [0.3, 0.4) is 0 Å². The zero-order valence-electron chi connectivity index (χ0n) is 18.6. The van der Waals surface area contributed by atoms with Gasteiger partial charge in [0.05, 0.1) is 17.9 Å². The highest BCUT2D eigenvalue weighted by Gasteiger charge is 2.44. The lowest BCUT2D eigenvalue weighted by Gasteiger charge is -2.26. The number of fused-ring (bicyclic) bond motifs is 1. The van der Waals surface area contributed by atoms with Crippen molar-refractivity contribution in [3.8, 4) is 5.75 Å². The van der Waals surface area contributed by atoms with Crippen LogP contribution in [0.5, 0.6) is 5.75 Å². The number of rotatable bonds is 5. The molecular weight excluding hydrogens is 417 g/mol. The molecule has 7 heteroatoms. The molecule has 1 N–H and O–H groups in total. The molecule has 3 atom stereocenters. The Morgan fingerprint density at radius 1 is 1.19 bits per heavy atom. The molecule has 1 aromatic carbocycles. The summed E-state index contributed by atoms with van der Waals surface area (Å²) in [7, 11) is 0. The van der Waals surface area contributed by atoms with E-state index in [4.69, 9.17) is 4.74 Å². The summed E-state index contributed by atoms with van der Waals surface area (Å²) in [6.07, 6.45) is 0.0743. The smallest absolute Gasteiger partial charge is 0.422 e. The van der Waals surface area contributed by atoms with Gasteiger partial charge in [0.1, 0.15) is 5.75 Å². The molecule has 0 spiro atoms. The standard InChI is InChI=1S/C25H29F3N2O2/c1-24(2,3)17-9-7-15(8-10-17)19-12-20(19)23(31)30-21-6-4-5-16-11-18(13-29-22(16)21)32-14-25(26,27)28/h7-11,13,19-21H,4-6,12,14H2,1-3H3,(H,30,31)/t19-,20+,21?/m0/s1. The lowest BCUT2D eigenvalue weighted by atomic mass is 9.86. The fourth-order valence-electron chi connectivity index (χ4n) is 4.39. The number of nitrogens with one attached hydrogen (secondary N) is 1. The molecule has 2 aliphatic rings. The van der Waals surface area contributed by atoms with Crippen LogP contribution < -0.4 is 10.1 Å². The summed E-state index contributed by atoms with van der Waals surface area (Å²) in [6, 6.07) is 9.93. The Morgan fingerprint density at radius 3 is 2.56 bits per heavy atom. The highest BCUT2D eigenvalue weighted by molar-refractivity contribution is 5.83. The van der Waals surface area contributed by atoms with Crippen LogP contribution in [0.1, 0.15) is 74.4 Å². The first-order valence-electron chi connectivity index (χ1n) is 11.1. The third-order valence-electron chi connectivity index (χ3n) is 6.30. The van der Waals surface area contributed by atoms with Gasteiger partial charge in [-0.25, -0.2) is 0 Å². The molecule has 4 rings (SSSR count). The molecule has 1 amide bonds. The molecule has 2 aromatic rings. The average Bonchev–Trinajstić information content (AvgIpc) is 3.52. The number of alkyl halides is 3. The number of aryl methyl sites for hydroxylation is 1. The number of hydrogen-bond acceptors (Lipinski definition) is 3. The third kappa shape index (κ3) is 5.25. The number of benzene rings is 1. The van der Waals surface area contributed by atoms with Crippen LogP contribution >= 0.6 is 0 Å². The molecular formula is C25H29F3N2O2. The second-order valence-corrected chi connectivity index (χ2v) is 9.89. The fourth-order valence-corrected chi connectivity index (χ4v) is 4.39. The SMILES string of the molecule is CC(C)(C)c1ccc([C@@H]2C[C@H]2C(=O)NC2CCCc3cc(OCC(F)(F)F)cnc32)cc1. The van der Waals surface area contributed by atoms with E-state index in [1.165, 1.54) is 17.3 Å². The fraction of sp³-hybridized carbons (Fsp3) is 0.520. The van der Waals surface area contributed by atoms with Crippen LogP contribution in [0.2, 0.25) is 0 Å². The Morgan fingerprint density at radius 2 is 1.91 bits per heavy atom. The van der Waals surface area contributed by atoms with E-state index in [0.29, 0.717) is 6.42 Å². The van der Waals surface area contributed by atoms with Crippen molar-refractivity contribution in [2.75, 3.05) is 6.61 Å². The molecule has 1 unspecified atom stereocenters. The number of carbonyl (C=O) groups is 1. The lowest BCUT2D eigenvalue weighted by Crippen LogP contribution is -2.33. The van der Waals surface area contributed by atoms with Crippen molar-refractivity contribution >= 4 is 5.91 Å². The second-order valence-electron chi connectivity index (χ2n) is 9.89. The number of carbonyl (C=O) groups excluding carboxylic acids is 1. The summed E-state index contributed by atoms with van der Waals surface area (Å²) in [6.45, 7) is 5.19. The zero-order chi connectivity index (χ0) is 23.1.